The van der Waals surface area contributed by atoms with Crippen LogP contribution in [0.2, 0.25) is 0 Å². The molecule has 4 heteroatoms. The van der Waals surface area contributed by atoms with E-state index in [9.17, 15) is 8.78 Å². The van der Waals surface area contributed by atoms with Crippen LogP contribution in [0.15, 0.2) is 18.2 Å². The van der Waals surface area contributed by atoms with E-state index >= 15 is 0 Å². The zero-order chi connectivity index (χ0) is 12.3. The van der Waals surface area contributed by atoms with E-state index in [1.165, 1.54) is 6.07 Å². The SMILES string of the molecule is CN(C)C(C)(CN)Cc1ccc(F)c(F)c1. The lowest BCUT2D eigenvalue weighted by Crippen LogP contribution is -2.49. The molecule has 1 aromatic rings. The lowest BCUT2D eigenvalue weighted by molar-refractivity contribution is 0.181. The van der Waals surface area contributed by atoms with Crippen LogP contribution in [-0.4, -0.2) is 31.1 Å². The highest BCUT2D eigenvalue weighted by Crippen LogP contribution is 2.18. The molecule has 90 valence electrons. The van der Waals surface area contributed by atoms with Crippen molar-refractivity contribution in [3.05, 3.63) is 35.4 Å². The Hall–Kier alpha value is -1.00. The van der Waals surface area contributed by atoms with Crippen molar-refractivity contribution in [1.29, 1.82) is 0 Å². The van der Waals surface area contributed by atoms with E-state index in [-0.39, 0.29) is 5.54 Å². The highest BCUT2D eigenvalue weighted by Gasteiger charge is 2.25. The van der Waals surface area contributed by atoms with Gasteiger partial charge in [0.1, 0.15) is 0 Å². The van der Waals surface area contributed by atoms with Gasteiger partial charge in [0.25, 0.3) is 0 Å². The second-order valence-electron chi connectivity index (χ2n) is 4.52. The number of halogens is 2. The molecule has 0 saturated heterocycles. The molecule has 0 radical (unpaired) electrons. The number of hydrogen-bond donors (Lipinski definition) is 1. The Morgan fingerprint density at radius 2 is 1.88 bits per heavy atom. The maximum Gasteiger partial charge on any atom is 0.159 e. The third kappa shape index (κ3) is 2.77. The summed E-state index contributed by atoms with van der Waals surface area (Å²) in [6.45, 7) is 2.45. The van der Waals surface area contributed by atoms with Crippen LogP contribution in [0.4, 0.5) is 8.78 Å². The molecule has 0 heterocycles. The summed E-state index contributed by atoms with van der Waals surface area (Å²) in [5.41, 5.74) is 6.22. The Morgan fingerprint density at radius 1 is 1.25 bits per heavy atom. The Morgan fingerprint density at radius 3 is 2.31 bits per heavy atom. The molecule has 0 bridgehead atoms. The standard InChI is InChI=1S/C12H18F2N2/c1-12(8-15,16(2)3)7-9-4-5-10(13)11(14)6-9/h4-6H,7-8,15H2,1-3H3. The molecular weight excluding hydrogens is 210 g/mol. The molecule has 1 unspecified atom stereocenters. The number of hydrogen-bond acceptors (Lipinski definition) is 2. The summed E-state index contributed by atoms with van der Waals surface area (Å²) < 4.78 is 25.8. The van der Waals surface area contributed by atoms with Gasteiger partial charge in [-0.15, -0.1) is 0 Å². The molecule has 1 aromatic carbocycles. The molecule has 0 aliphatic carbocycles. The van der Waals surface area contributed by atoms with Gasteiger partial charge in [0.05, 0.1) is 0 Å². The predicted octanol–water partition coefficient (Wildman–Crippen LogP) is 1.79. The van der Waals surface area contributed by atoms with Crippen LogP contribution in [0, 0.1) is 11.6 Å². The molecule has 0 amide bonds. The van der Waals surface area contributed by atoms with E-state index in [0.717, 1.165) is 11.6 Å². The van der Waals surface area contributed by atoms with Crippen molar-refractivity contribution in [3.63, 3.8) is 0 Å². The first-order chi connectivity index (χ1) is 7.39. The van der Waals surface area contributed by atoms with Gasteiger partial charge in [0, 0.05) is 12.1 Å². The zero-order valence-corrected chi connectivity index (χ0v) is 9.93. The molecule has 0 aliphatic heterocycles. The van der Waals surface area contributed by atoms with E-state index in [2.05, 4.69) is 0 Å². The molecule has 16 heavy (non-hydrogen) atoms. The molecule has 2 nitrogen and oxygen atoms in total. The average molecular weight is 228 g/mol. The number of nitrogens with zero attached hydrogens (tertiary/aromatic N) is 1. The second-order valence-corrected chi connectivity index (χ2v) is 4.52. The minimum absolute atomic E-state index is 0.246. The first-order valence-corrected chi connectivity index (χ1v) is 5.20. The van der Waals surface area contributed by atoms with Crippen molar-refractivity contribution in [3.8, 4) is 0 Å². The highest BCUT2D eigenvalue weighted by molar-refractivity contribution is 5.20. The fraction of sp³-hybridized carbons (Fsp3) is 0.500. The summed E-state index contributed by atoms with van der Waals surface area (Å²) in [5.74, 6) is -1.63. The molecule has 0 saturated carbocycles. The van der Waals surface area contributed by atoms with Crippen LogP contribution in [0.3, 0.4) is 0 Å². The lowest BCUT2D eigenvalue weighted by atomic mass is 9.91. The second kappa shape index (κ2) is 4.89. The van der Waals surface area contributed by atoms with E-state index in [4.69, 9.17) is 5.73 Å². The summed E-state index contributed by atoms with van der Waals surface area (Å²) in [5, 5.41) is 0. The molecule has 0 spiro atoms. The van der Waals surface area contributed by atoms with Crippen LogP contribution in [0.25, 0.3) is 0 Å². The van der Waals surface area contributed by atoms with E-state index in [1.807, 2.05) is 25.9 Å². The maximum absolute atomic E-state index is 13.0. The molecule has 0 aromatic heterocycles. The summed E-state index contributed by atoms with van der Waals surface area (Å²) in [6, 6.07) is 3.97. The number of nitrogens with two attached hydrogens (primary N) is 1. The minimum atomic E-state index is -0.817. The van der Waals surface area contributed by atoms with Crippen molar-refractivity contribution in [2.75, 3.05) is 20.6 Å². The largest absolute Gasteiger partial charge is 0.329 e. The van der Waals surface area contributed by atoms with Gasteiger partial charge in [0.2, 0.25) is 0 Å². The first-order valence-electron chi connectivity index (χ1n) is 5.20. The smallest absolute Gasteiger partial charge is 0.159 e. The van der Waals surface area contributed by atoms with Crippen LogP contribution in [0.1, 0.15) is 12.5 Å². The molecule has 2 N–H and O–H groups in total. The van der Waals surface area contributed by atoms with Crippen LogP contribution >= 0.6 is 0 Å². The van der Waals surface area contributed by atoms with Gasteiger partial charge in [-0.25, -0.2) is 8.78 Å². The molecular formula is C12H18F2N2. The predicted molar refractivity (Wildman–Crippen MR) is 61.2 cm³/mol. The van der Waals surface area contributed by atoms with Crippen molar-refractivity contribution >= 4 is 0 Å². The zero-order valence-electron chi connectivity index (χ0n) is 9.93. The van der Waals surface area contributed by atoms with Crippen molar-refractivity contribution in [1.82, 2.24) is 4.90 Å². The number of rotatable bonds is 4. The molecule has 1 atom stereocenters. The van der Waals surface area contributed by atoms with Crippen LogP contribution in [-0.2, 0) is 6.42 Å². The fourth-order valence-electron chi connectivity index (χ4n) is 1.50. The Balaban J connectivity index is 2.90. The summed E-state index contributed by atoms with van der Waals surface area (Å²) >= 11 is 0. The summed E-state index contributed by atoms with van der Waals surface area (Å²) in [6.07, 6.45) is 0.591. The Bertz CT molecular complexity index is 366. The summed E-state index contributed by atoms with van der Waals surface area (Å²) in [7, 11) is 3.85. The first kappa shape index (κ1) is 13.1. The molecule has 0 fully saturated rings. The van der Waals surface area contributed by atoms with E-state index in [0.29, 0.717) is 13.0 Å². The van der Waals surface area contributed by atoms with Crippen LogP contribution < -0.4 is 5.73 Å². The molecule has 1 rings (SSSR count). The average Bonchev–Trinajstić information content (AvgIpc) is 2.23. The maximum atomic E-state index is 13.0. The van der Waals surface area contributed by atoms with Gasteiger partial charge in [-0.05, 0) is 45.1 Å². The van der Waals surface area contributed by atoms with Crippen molar-refractivity contribution < 1.29 is 8.78 Å². The van der Waals surface area contributed by atoms with Crippen molar-refractivity contribution in [2.45, 2.75) is 18.9 Å². The van der Waals surface area contributed by atoms with Gasteiger partial charge < -0.3 is 10.6 Å². The monoisotopic (exact) mass is 228 g/mol. The van der Waals surface area contributed by atoms with Gasteiger partial charge in [-0.1, -0.05) is 6.07 Å². The minimum Gasteiger partial charge on any atom is -0.329 e. The number of likely N-dealkylation sites (N-methyl/N-ethyl adjacent to an activating group) is 1. The van der Waals surface area contributed by atoms with Gasteiger partial charge in [-0.3, -0.25) is 0 Å². The fourth-order valence-corrected chi connectivity index (χ4v) is 1.50. The Labute approximate surface area is 95.1 Å². The normalized spacial score (nSPS) is 15.2. The third-order valence-corrected chi connectivity index (χ3v) is 3.09. The van der Waals surface area contributed by atoms with Crippen molar-refractivity contribution in [2.24, 2.45) is 5.73 Å². The van der Waals surface area contributed by atoms with E-state index in [1.54, 1.807) is 6.07 Å². The van der Waals surface area contributed by atoms with Gasteiger partial charge in [0.15, 0.2) is 11.6 Å². The lowest BCUT2D eigenvalue weighted by Gasteiger charge is -2.35. The quantitative estimate of drug-likeness (QED) is 0.851. The van der Waals surface area contributed by atoms with E-state index < -0.39 is 11.6 Å². The molecule has 0 aliphatic rings. The third-order valence-electron chi connectivity index (χ3n) is 3.09. The van der Waals surface area contributed by atoms with Gasteiger partial charge in [-0.2, -0.15) is 0 Å². The van der Waals surface area contributed by atoms with Crippen LogP contribution in [0.5, 0.6) is 0 Å². The van der Waals surface area contributed by atoms with Gasteiger partial charge >= 0.3 is 0 Å². The topological polar surface area (TPSA) is 29.3 Å². The summed E-state index contributed by atoms with van der Waals surface area (Å²) in [4.78, 5) is 1.99. The highest BCUT2D eigenvalue weighted by atomic mass is 19.2. The number of benzene rings is 1. The Kier molecular flexibility index (Phi) is 3.99.